The summed E-state index contributed by atoms with van der Waals surface area (Å²) in [5, 5.41) is 8.93. The third-order valence-corrected chi connectivity index (χ3v) is 2.44. The molecule has 0 radical (unpaired) electrons. The zero-order valence-electron chi connectivity index (χ0n) is 8.06. The Morgan fingerprint density at radius 3 is 3.00 bits per heavy atom. The van der Waals surface area contributed by atoms with Crippen molar-refractivity contribution < 1.29 is 14.3 Å². The average Bonchev–Trinajstić information content (AvgIpc) is 2.60. The molecule has 1 saturated heterocycles. The number of hydrogen-bond acceptors (Lipinski definition) is 3. The molecular weight excluding hydrogens is 199 g/mol. The van der Waals surface area contributed by atoms with Gasteiger partial charge in [-0.05, 0) is 12.1 Å². The van der Waals surface area contributed by atoms with Crippen LogP contribution in [0.2, 0.25) is 0 Å². The molecule has 1 aromatic rings. The van der Waals surface area contributed by atoms with Gasteiger partial charge < -0.3 is 5.11 Å². The van der Waals surface area contributed by atoms with Gasteiger partial charge >= 0.3 is 0 Å². The first-order chi connectivity index (χ1) is 7.20. The Morgan fingerprint density at radius 2 is 2.40 bits per heavy atom. The van der Waals surface area contributed by atoms with E-state index in [2.05, 4.69) is 4.98 Å². The third-order valence-electron chi connectivity index (χ3n) is 2.44. The molecular formula is C10H11FN2O2. The van der Waals surface area contributed by atoms with E-state index in [-0.39, 0.29) is 18.4 Å². The summed E-state index contributed by atoms with van der Waals surface area (Å²) in [6.07, 6.45) is 0.300. The first kappa shape index (κ1) is 10.0. The Labute approximate surface area is 86.4 Å². The van der Waals surface area contributed by atoms with E-state index in [9.17, 15) is 9.18 Å². The van der Waals surface area contributed by atoms with E-state index in [1.54, 1.807) is 6.07 Å². The molecule has 0 spiro atoms. The number of halogens is 1. The lowest BCUT2D eigenvalue weighted by molar-refractivity contribution is -0.117. The van der Waals surface area contributed by atoms with Crippen LogP contribution in [0.15, 0.2) is 18.2 Å². The fourth-order valence-corrected chi connectivity index (χ4v) is 1.67. The highest BCUT2D eigenvalue weighted by Crippen LogP contribution is 2.22. The van der Waals surface area contributed by atoms with E-state index < -0.39 is 5.95 Å². The molecule has 1 amide bonds. The van der Waals surface area contributed by atoms with Gasteiger partial charge in [-0.1, -0.05) is 6.07 Å². The average molecular weight is 210 g/mol. The molecule has 0 aromatic carbocycles. The van der Waals surface area contributed by atoms with Crippen molar-refractivity contribution in [3.05, 3.63) is 24.1 Å². The Hall–Kier alpha value is -1.49. The molecule has 15 heavy (non-hydrogen) atoms. The van der Waals surface area contributed by atoms with Gasteiger partial charge in [-0.25, -0.2) is 4.98 Å². The minimum Gasteiger partial charge on any atom is -0.396 e. The van der Waals surface area contributed by atoms with Crippen LogP contribution in [0.3, 0.4) is 0 Å². The lowest BCUT2D eigenvalue weighted by atomic mass is 10.1. The third kappa shape index (κ3) is 1.97. The summed E-state index contributed by atoms with van der Waals surface area (Å²) in [5.74, 6) is -0.474. The number of nitrogens with zero attached hydrogens (tertiary/aromatic N) is 2. The van der Waals surface area contributed by atoms with Gasteiger partial charge in [0.25, 0.3) is 0 Å². The van der Waals surface area contributed by atoms with Crippen LogP contribution >= 0.6 is 0 Å². The highest BCUT2D eigenvalue weighted by molar-refractivity contribution is 5.94. The topological polar surface area (TPSA) is 53.4 Å². The molecule has 0 aliphatic carbocycles. The maximum atomic E-state index is 12.8. The fraction of sp³-hybridized carbons (Fsp3) is 0.400. The van der Waals surface area contributed by atoms with E-state index in [1.165, 1.54) is 17.0 Å². The first-order valence-corrected chi connectivity index (χ1v) is 4.74. The van der Waals surface area contributed by atoms with Crippen molar-refractivity contribution in [2.75, 3.05) is 18.1 Å². The Morgan fingerprint density at radius 1 is 1.60 bits per heavy atom. The summed E-state index contributed by atoms with van der Waals surface area (Å²) < 4.78 is 12.8. The molecule has 1 fully saturated rings. The molecule has 80 valence electrons. The van der Waals surface area contributed by atoms with Gasteiger partial charge in [0, 0.05) is 25.5 Å². The minimum absolute atomic E-state index is 0.0302. The van der Waals surface area contributed by atoms with Crippen LogP contribution in [0.5, 0.6) is 0 Å². The zero-order chi connectivity index (χ0) is 10.8. The summed E-state index contributed by atoms with van der Waals surface area (Å²) >= 11 is 0. The molecule has 0 saturated carbocycles. The van der Waals surface area contributed by atoms with Crippen molar-refractivity contribution in [2.24, 2.45) is 5.92 Å². The van der Waals surface area contributed by atoms with Gasteiger partial charge in [0.1, 0.15) is 5.82 Å². The van der Waals surface area contributed by atoms with Gasteiger partial charge in [0.15, 0.2) is 0 Å². The van der Waals surface area contributed by atoms with Crippen molar-refractivity contribution >= 4 is 11.7 Å². The van der Waals surface area contributed by atoms with Gasteiger partial charge in [-0.2, -0.15) is 4.39 Å². The minimum atomic E-state index is -0.604. The molecule has 1 atom stereocenters. The smallest absolute Gasteiger partial charge is 0.228 e. The van der Waals surface area contributed by atoms with Crippen LogP contribution < -0.4 is 4.90 Å². The molecule has 2 rings (SSSR count). The molecule has 2 heterocycles. The SMILES string of the molecule is O=C1CC(CO)CN1c1cccc(F)n1. The summed E-state index contributed by atoms with van der Waals surface area (Å²) in [5.41, 5.74) is 0. The van der Waals surface area contributed by atoms with Crippen LogP contribution in [-0.2, 0) is 4.79 Å². The van der Waals surface area contributed by atoms with Crippen molar-refractivity contribution in [3.63, 3.8) is 0 Å². The van der Waals surface area contributed by atoms with Crippen LogP contribution in [0.25, 0.3) is 0 Å². The fourth-order valence-electron chi connectivity index (χ4n) is 1.67. The van der Waals surface area contributed by atoms with Gasteiger partial charge in [0.05, 0.1) is 0 Å². The monoisotopic (exact) mass is 210 g/mol. The standard InChI is InChI=1S/C10H11FN2O2/c11-8-2-1-3-9(12-8)13-5-7(6-14)4-10(13)15/h1-3,7,14H,4-6H2. The second kappa shape index (κ2) is 3.94. The highest BCUT2D eigenvalue weighted by Gasteiger charge is 2.30. The molecule has 5 heteroatoms. The van der Waals surface area contributed by atoms with Crippen LogP contribution in [0, 0.1) is 11.9 Å². The normalized spacial score (nSPS) is 21.1. The lowest BCUT2D eigenvalue weighted by Gasteiger charge is -2.14. The maximum absolute atomic E-state index is 12.8. The van der Waals surface area contributed by atoms with E-state index in [1.807, 2.05) is 0 Å². The van der Waals surface area contributed by atoms with E-state index in [4.69, 9.17) is 5.11 Å². The predicted octanol–water partition coefficient (Wildman–Crippen LogP) is 0.566. The number of carbonyl (C=O) groups is 1. The molecule has 1 N–H and O–H groups in total. The molecule has 4 nitrogen and oxygen atoms in total. The number of hydrogen-bond donors (Lipinski definition) is 1. The predicted molar refractivity (Wildman–Crippen MR) is 51.7 cm³/mol. The number of aromatic nitrogens is 1. The van der Waals surface area contributed by atoms with Crippen molar-refractivity contribution in [1.29, 1.82) is 0 Å². The quantitative estimate of drug-likeness (QED) is 0.726. The van der Waals surface area contributed by atoms with Gasteiger partial charge in [-0.15, -0.1) is 0 Å². The number of carbonyl (C=O) groups excluding carboxylic acids is 1. The number of aliphatic hydroxyl groups excluding tert-OH is 1. The summed E-state index contributed by atoms with van der Waals surface area (Å²) in [7, 11) is 0. The Balaban J connectivity index is 2.21. The Bertz CT molecular complexity index is 383. The number of anilines is 1. The first-order valence-electron chi connectivity index (χ1n) is 4.74. The van der Waals surface area contributed by atoms with Gasteiger partial charge in [0.2, 0.25) is 11.9 Å². The maximum Gasteiger partial charge on any atom is 0.228 e. The summed E-state index contributed by atoms with van der Waals surface area (Å²) in [4.78, 5) is 16.5. The van der Waals surface area contributed by atoms with Gasteiger partial charge in [-0.3, -0.25) is 9.69 Å². The van der Waals surface area contributed by atoms with Crippen molar-refractivity contribution in [1.82, 2.24) is 4.98 Å². The summed E-state index contributed by atoms with van der Waals surface area (Å²) in [6.45, 7) is 0.378. The van der Waals surface area contributed by atoms with Crippen LogP contribution in [-0.4, -0.2) is 29.1 Å². The van der Waals surface area contributed by atoms with Crippen molar-refractivity contribution in [3.8, 4) is 0 Å². The Kier molecular flexibility index (Phi) is 2.64. The van der Waals surface area contributed by atoms with Crippen LogP contribution in [0.1, 0.15) is 6.42 Å². The second-order valence-corrected chi connectivity index (χ2v) is 3.58. The molecule has 0 bridgehead atoms. The van der Waals surface area contributed by atoms with Crippen molar-refractivity contribution in [2.45, 2.75) is 6.42 Å². The largest absolute Gasteiger partial charge is 0.396 e. The second-order valence-electron chi connectivity index (χ2n) is 3.58. The number of aliphatic hydroxyl groups is 1. The van der Waals surface area contributed by atoms with E-state index >= 15 is 0 Å². The number of amides is 1. The molecule has 1 aromatic heterocycles. The molecule has 1 unspecified atom stereocenters. The zero-order valence-corrected chi connectivity index (χ0v) is 8.06. The van der Waals surface area contributed by atoms with Crippen LogP contribution in [0.4, 0.5) is 10.2 Å². The number of rotatable bonds is 2. The lowest BCUT2D eigenvalue weighted by Crippen LogP contribution is -2.26. The molecule has 1 aliphatic rings. The van der Waals surface area contributed by atoms with E-state index in [0.29, 0.717) is 18.8 Å². The van der Waals surface area contributed by atoms with E-state index in [0.717, 1.165) is 0 Å². The summed E-state index contributed by atoms with van der Waals surface area (Å²) in [6, 6.07) is 4.32. The highest BCUT2D eigenvalue weighted by atomic mass is 19.1. The molecule has 1 aliphatic heterocycles. The number of pyridine rings is 1.